The van der Waals surface area contributed by atoms with Gasteiger partial charge in [-0.3, -0.25) is 4.79 Å². The first-order valence-corrected chi connectivity index (χ1v) is 6.12. The number of hydrogen-bond acceptors (Lipinski definition) is 4. The number of amides is 1. The topological polar surface area (TPSA) is 81.6 Å². The molecule has 4 N–H and O–H groups in total. The molecule has 0 aliphatic carbocycles. The molecule has 0 radical (unpaired) electrons. The maximum Gasteiger partial charge on any atom is 0.248 e. The monoisotopic (exact) mass is 271 g/mol. The van der Waals surface area contributed by atoms with E-state index >= 15 is 0 Å². The molecule has 104 valence electrons. The molecule has 0 aliphatic heterocycles. The van der Waals surface area contributed by atoms with Crippen molar-refractivity contribution in [2.75, 3.05) is 24.7 Å². The zero-order valence-corrected chi connectivity index (χ0v) is 11.5. The lowest BCUT2D eigenvalue weighted by molar-refractivity contribution is 0.1000. The molecular formula is C15H17N3O2. The molecule has 0 unspecified atom stereocenters. The number of nitrogens with two attached hydrogens (primary N) is 2. The van der Waals surface area contributed by atoms with Crippen molar-refractivity contribution in [3.8, 4) is 11.5 Å². The van der Waals surface area contributed by atoms with Crippen LogP contribution >= 0.6 is 0 Å². The Bertz CT molecular complexity index is 639. The van der Waals surface area contributed by atoms with Crippen molar-refractivity contribution in [1.29, 1.82) is 0 Å². The Hall–Kier alpha value is -2.69. The summed E-state index contributed by atoms with van der Waals surface area (Å²) in [6.07, 6.45) is 0. The summed E-state index contributed by atoms with van der Waals surface area (Å²) >= 11 is 0. The summed E-state index contributed by atoms with van der Waals surface area (Å²) in [4.78, 5) is 13.1. The number of anilines is 2. The Labute approximate surface area is 117 Å². The van der Waals surface area contributed by atoms with Crippen LogP contribution < -0.4 is 21.1 Å². The Balaban J connectivity index is 2.32. The Morgan fingerprint density at radius 1 is 1.15 bits per heavy atom. The van der Waals surface area contributed by atoms with Gasteiger partial charge >= 0.3 is 0 Å². The van der Waals surface area contributed by atoms with E-state index in [1.54, 1.807) is 18.2 Å². The van der Waals surface area contributed by atoms with Crippen molar-refractivity contribution in [3.63, 3.8) is 0 Å². The van der Waals surface area contributed by atoms with Crippen molar-refractivity contribution in [2.24, 2.45) is 5.73 Å². The van der Waals surface area contributed by atoms with Crippen molar-refractivity contribution in [3.05, 3.63) is 48.0 Å². The van der Waals surface area contributed by atoms with Crippen LogP contribution in [0.5, 0.6) is 11.5 Å². The van der Waals surface area contributed by atoms with E-state index in [0.29, 0.717) is 22.7 Å². The minimum Gasteiger partial charge on any atom is -0.455 e. The van der Waals surface area contributed by atoms with Crippen molar-refractivity contribution >= 4 is 17.3 Å². The summed E-state index contributed by atoms with van der Waals surface area (Å²) in [6.45, 7) is 0. The first-order valence-electron chi connectivity index (χ1n) is 6.12. The van der Waals surface area contributed by atoms with Crippen LogP contribution in [0.2, 0.25) is 0 Å². The van der Waals surface area contributed by atoms with Gasteiger partial charge in [0.05, 0.1) is 5.69 Å². The van der Waals surface area contributed by atoms with Gasteiger partial charge in [0.25, 0.3) is 0 Å². The highest BCUT2D eigenvalue weighted by molar-refractivity contribution is 5.93. The third kappa shape index (κ3) is 3.00. The number of carbonyl (C=O) groups is 1. The summed E-state index contributed by atoms with van der Waals surface area (Å²) < 4.78 is 5.73. The van der Waals surface area contributed by atoms with Gasteiger partial charge in [-0.1, -0.05) is 6.07 Å². The Morgan fingerprint density at radius 3 is 2.55 bits per heavy atom. The van der Waals surface area contributed by atoms with Gasteiger partial charge in [-0.05, 0) is 30.3 Å². The number of benzene rings is 2. The summed E-state index contributed by atoms with van der Waals surface area (Å²) in [5.41, 5.74) is 12.9. The highest BCUT2D eigenvalue weighted by Crippen LogP contribution is 2.30. The normalized spacial score (nSPS) is 10.1. The number of nitrogens with zero attached hydrogens (tertiary/aromatic N) is 1. The van der Waals surface area contributed by atoms with Crippen molar-refractivity contribution in [2.45, 2.75) is 0 Å². The van der Waals surface area contributed by atoms with Crippen LogP contribution in [0.1, 0.15) is 10.4 Å². The summed E-state index contributed by atoms with van der Waals surface area (Å²) in [5, 5.41) is 0. The van der Waals surface area contributed by atoms with Crippen LogP contribution in [0, 0.1) is 0 Å². The van der Waals surface area contributed by atoms with Gasteiger partial charge in [0.2, 0.25) is 5.91 Å². The maximum absolute atomic E-state index is 11.2. The Morgan fingerprint density at radius 2 is 1.90 bits per heavy atom. The molecule has 0 saturated heterocycles. The van der Waals surface area contributed by atoms with E-state index in [1.807, 2.05) is 43.3 Å². The number of nitrogen functional groups attached to an aromatic ring is 1. The molecule has 0 atom stereocenters. The van der Waals surface area contributed by atoms with Crippen LogP contribution in [0.15, 0.2) is 42.5 Å². The standard InChI is InChI=1S/C15H17N3O2/c1-18(2)11-4-3-5-12(9-11)20-14-8-10(15(17)19)6-7-13(14)16/h3-9H,16H2,1-2H3,(H2,17,19). The van der Waals surface area contributed by atoms with E-state index in [9.17, 15) is 4.79 Å². The van der Waals surface area contributed by atoms with Crippen molar-refractivity contribution < 1.29 is 9.53 Å². The van der Waals surface area contributed by atoms with E-state index < -0.39 is 5.91 Å². The minimum absolute atomic E-state index is 0.359. The molecule has 0 saturated carbocycles. The van der Waals surface area contributed by atoms with E-state index in [4.69, 9.17) is 16.2 Å². The highest BCUT2D eigenvalue weighted by Gasteiger charge is 2.08. The predicted molar refractivity (Wildman–Crippen MR) is 80.2 cm³/mol. The summed E-state index contributed by atoms with van der Waals surface area (Å²) in [5.74, 6) is 0.540. The smallest absolute Gasteiger partial charge is 0.248 e. The molecule has 0 bridgehead atoms. The van der Waals surface area contributed by atoms with Crippen LogP contribution in [-0.2, 0) is 0 Å². The summed E-state index contributed by atoms with van der Waals surface area (Å²) in [6, 6.07) is 12.3. The molecule has 0 spiro atoms. The second kappa shape index (κ2) is 5.52. The lowest BCUT2D eigenvalue weighted by Gasteiger charge is -2.14. The zero-order valence-electron chi connectivity index (χ0n) is 11.5. The fourth-order valence-electron chi connectivity index (χ4n) is 1.73. The molecule has 1 amide bonds. The molecule has 5 nitrogen and oxygen atoms in total. The van der Waals surface area contributed by atoms with Gasteiger partial charge in [-0.2, -0.15) is 0 Å². The van der Waals surface area contributed by atoms with Gasteiger partial charge in [-0.15, -0.1) is 0 Å². The van der Waals surface area contributed by atoms with E-state index in [2.05, 4.69) is 0 Å². The number of carbonyl (C=O) groups excluding carboxylic acids is 1. The number of hydrogen-bond donors (Lipinski definition) is 2. The predicted octanol–water partition coefficient (Wildman–Crippen LogP) is 2.23. The molecule has 2 aromatic rings. The fourth-order valence-corrected chi connectivity index (χ4v) is 1.73. The lowest BCUT2D eigenvalue weighted by Crippen LogP contribution is -2.11. The molecular weight excluding hydrogens is 254 g/mol. The average molecular weight is 271 g/mol. The van der Waals surface area contributed by atoms with Crippen LogP contribution in [0.3, 0.4) is 0 Å². The Kier molecular flexibility index (Phi) is 3.79. The van der Waals surface area contributed by atoms with E-state index in [1.165, 1.54) is 0 Å². The molecule has 2 aromatic carbocycles. The van der Waals surface area contributed by atoms with Gasteiger partial charge in [-0.25, -0.2) is 0 Å². The second-order valence-electron chi connectivity index (χ2n) is 4.61. The molecule has 20 heavy (non-hydrogen) atoms. The molecule has 0 heterocycles. The van der Waals surface area contributed by atoms with E-state index in [0.717, 1.165) is 5.69 Å². The second-order valence-corrected chi connectivity index (χ2v) is 4.61. The van der Waals surface area contributed by atoms with Gasteiger partial charge in [0.1, 0.15) is 5.75 Å². The molecule has 0 fully saturated rings. The van der Waals surface area contributed by atoms with Crippen LogP contribution in [0.25, 0.3) is 0 Å². The number of primary amides is 1. The average Bonchev–Trinajstić information content (AvgIpc) is 2.41. The van der Waals surface area contributed by atoms with Gasteiger partial charge in [0, 0.05) is 31.4 Å². The largest absolute Gasteiger partial charge is 0.455 e. The third-order valence-electron chi connectivity index (χ3n) is 2.86. The highest BCUT2D eigenvalue weighted by atomic mass is 16.5. The zero-order chi connectivity index (χ0) is 14.7. The van der Waals surface area contributed by atoms with E-state index in [-0.39, 0.29) is 0 Å². The molecule has 5 heteroatoms. The first kappa shape index (κ1) is 13.7. The van der Waals surface area contributed by atoms with Gasteiger partial charge < -0.3 is 21.1 Å². The third-order valence-corrected chi connectivity index (χ3v) is 2.86. The number of rotatable bonds is 4. The van der Waals surface area contributed by atoms with Crippen LogP contribution in [-0.4, -0.2) is 20.0 Å². The molecule has 2 rings (SSSR count). The SMILES string of the molecule is CN(C)c1cccc(Oc2cc(C(N)=O)ccc2N)c1. The maximum atomic E-state index is 11.2. The van der Waals surface area contributed by atoms with Crippen LogP contribution in [0.4, 0.5) is 11.4 Å². The number of ether oxygens (including phenoxy) is 1. The minimum atomic E-state index is -0.517. The summed E-state index contributed by atoms with van der Waals surface area (Å²) in [7, 11) is 3.89. The van der Waals surface area contributed by atoms with Crippen molar-refractivity contribution in [1.82, 2.24) is 0 Å². The quantitative estimate of drug-likeness (QED) is 0.835. The first-order chi connectivity index (χ1) is 9.47. The fraction of sp³-hybridized carbons (Fsp3) is 0.133. The lowest BCUT2D eigenvalue weighted by atomic mass is 10.2. The van der Waals surface area contributed by atoms with Gasteiger partial charge in [0.15, 0.2) is 5.75 Å². The molecule has 0 aliphatic rings. The molecule has 0 aromatic heterocycles.